The molecule has 0 saturated heterocycles. The lowest BCUT2D eigenvalue weighted by Crippen LogP contribution is -2.41. The molecule has 3 N–H and O–H groups in total. The highest BCUT2D eigenvalue weighted by molar-refractivity contribution is 7.89. The average molecular weight is 312 g/mol. The molecule has 0 spiro atoms. The maximum absolute atomic E-state index is 12.3. The molecule has 1 aliphatic heterocycles. The fourth-order valence-corrected chi connectivity index (χ4v) is 3.36. The molecule has 0 bridgehead atoms. The summed E-state index contributed by atoms with van der Waals surface area (Å²) in [4.78, 5) is 11.4. The summed E-state index contributed by atoms with van der Waals surface area (Å²) in [7, 11) is -3.70. The Morgan fingerprint density at radius 3 is 2.62 bits per heavy atom. The predicted octanol–water partition coefficient (Wildman–Crippen LogP) is 1.01. The first-order valence-electron chi connectivity index (χ1n) is 6.94. The Balaban J connectivity index is 2.17. The van der Waals surface area contributed by atoms with Crippen molar-refractivity contribution in [3.8, 4) is 0 Å². The summed E-state index contributed by atoms with van der Waals surface area (Å²) >= 11 is 0. The summed E-state index contributed by atoms with van der Waals surface area (Å²) in [6.07, 6.45) is 1.12. The molecule has 116 valence electrons. The first kappa shape index (κ1) is 15.9. The molecule has 0 fully saturated rings. The Bertz CT molecular complexity index is 651. The van der Waals surface area contributed by atoms with Crippen molar-refractivity contribution in [1.82, 2.24) is 4.72 Å². The van der Waals surface area contributed by atoms with Crippen LogP contribution in [0.4, 0.5) is 5.69 Å². The molecule has 21 heavy (non-hydrogen) atoms. The second-order valence-electron chi connectivity index (χ2n) is 5.30. The minimum atomic E-state index is -3.70. The van der Waals surface area contributed by atoms with Gasteiger partial charge in [0, 0.05) is 12.2 Å². The number of carbonyl (C=O) groups excluding carboxylic acids is 1. The molecule has 0 aromatic heterocycles. The minimum absolute atomic E-state index is 0.0312. The van der Waals surface area contributed by atoms with Crippen LogP contribution >= 0.6 is 0 Å². The third kappa shape index (κ3) is 3.42. The average Bonchev–Trinajstić information content (AvgIpc) is 2.84. The molecule has 2 rings (SSSR count). The maximum Gasteiger partial charge on any atom is 0.240 e. The van der Waals surface area contributed by atoms with E-state index in [-0.39, 0.29) is 23.8 Å². The van der Waals surface area contributed by atoms with E-state index in [1.807, 2.05) is 13.8 Å². The van der Waals surface area contributed by atoms with Crippen LogP contribution in [0.3, 0.4) is 0 Å². The second kappa shape index (κ2) is 5.75. The summed E-state index contributed by atoms with van der Waals surface area (Å²) in [5, 5.41) is 12.8. The number of aliphatic hydroxyl groups is 1. The van der Waals surface area contributed by atoms with Crippen molar-refractivity contribution in [3.05, 3.63) is 23.8 Å². The van der Waals surface area contributed by atoms with Gasteiger partial charge in [0.25, 0.3) is 0 Å². The molecular formula is C14H20N2O4S. The van der Waals surface area contributed by atoms with Crippen molar-refractivity contribution in [2.45, 2.75) is 43.6 Å². The first-order valence-corrected chi connectivity index (χ1v) is 8.43. The minimum Gasteiger partial charge on any atom is -0.389 e. The van der Waals surface area contributed by atoms with E-state index in [9.17, 15) is 18.3 Å². The van der Waals surface area contributed by atoms with E-state index in [1.165, 1.54) is 12.1 Å². The van der Waals surface area contributed by atoms with Gasteiger partial charge < -0.3 is 10.4 Å². The largest absolute Gasteiger partial charge is 0.389 e. The zero-order valence-electron chi connectivity index (χ0n) is 12.1. The van der Waals surface area contributed by atoms with Gasteiger partial charge in [0.2, 0.25) is 15.9 Å². The lowest BCUT2D eigenvalue weighted by molar-refractivity contribution is -0.115. The van der Waals surface area contributed by atoms with Crippen LogP contribution in [0.5, 0.6) is 0 Å². The van der Waals surface area contributed by atoms with E-state index in [1.54, 1.807) is 6.07 Å². The van der Waals surface area contributed by atoms with Crippen LogP contribution in [-0.2, 0) is 21.2 Å². The zero-order valence-corrected chi connectivity index (χ0v) is 13.0. The van der Waals surface area contributed by atoms with Crippen molar-refractivity contribution in [2.24, 2.45) is 0 Å². The van der Waals surface area contributed by atoms with Crippen LogP contribution in [0, 0.1) is 0 Å². The summed E-state index contributed by atoms with van der Waals surface area (Å²) in [5.41, 5.74) is 0.281. The van der Waals surface area contributed by atoms with Gasteiger partial charge in [-0.1, -0.05) is 13.8 Å². The molecule has 0 atom stereocenters. The van der Waals surface area contributed by atoms with Crippen molar-refractivity contribution in [2.75, 3.05) is 11.9 Å². The fraction of sp³-hybridized carbons (Fsp3) is 0.500. The van der Waals surface area contributed by atoms with Gasteiger partial charge in [-0.15, -0.1) is 0 Å². The molecule has 1 amide bonds. The summed E-state index contributed by atoms with van der Waals surface area (Å²) < 4.78 is 27.0. The normalized spacial score (nSPS) is 14.9. The zero-order chi connectivity index (χ0) is 15.7. The molecular weight excluding hydrogens is 292 g/mol. The van der Waals surface area contributed by atoms with Gasteiger partial charge in [-0.3, -0.25) is 4.79 Å². The SMILES string of the molecule is CCC(O)(CC)CNS(=O)(=O)c1ccc2c(c1)CC(=O)N2. The molecule has 1 aromatic carbocycles. The number of anilines is 1. The summed E-state index contributed by atoms with van der Waals surface area (Å²) in [5.74, 6) is -0.140. The van der Waals surface area contributed by atoms with E-state index < -0.39 is 15.6 Å². The number of fused-ring (bicyclic) bond motifs is 1. The van der Waals surface area contributed by atoms with Gasteiger partial charge in [-0.2, -0.15) is 0 Å². The number of rotatable bonds is 6. The topological polar surface area (TPSA) is 95.5 Å². The number of hydrogen-bond acceptors (Lipinski definition) is 4. The Hall–Kier alpha value is -1.44. The monoisotopic (exact) mass is 312 g/mol. The number of nitrogens with one attached hydrogen (secondary N) is 2. The van der Waals surface area contributed by atoms with Crippen LogP contribution in [0.1, 0.15) is 32.3 Å². The third-order valence-electron chi connectivity index (χ3n) is 3.92. The number of amides is 1. The standard InChI is InChI=1S/C14H20N2O4S/c1-3-14(18,4-2)9-15-21(19,20)11-5-6-12-10(7-11)8-13(17)16-12/h5-7,15,18H,3-4,8-9H2,1-2H3,(H,16,17). The highest BCUT2D eigenvalue weighted by atomic mass is 32.2. The molecule has 0 unspecified atom stereocenters. The summed E-state index contributed by atoms with van der Waals surface area (Å²) in [6, 6.07) is 4.52. The number of carbonyl (C=O) groups is 1. The van der Waals surface area contributed by atoms with E-state index in [2.05, 4.69) is 10.0 Å². The molecule has 6 nitrogen and oxygen atoms in total. The molecule has 0 aliphatic carbocycles. The van der Waals surface area contributed by atoms with Gasteiger partial charge >= 0.3 is 0 Å². The van der Waals surface area contributed by atoms with Crippen molar-refractivity contribution < 1.29 is 18.3 Å². The Morgan fingerprint density at radius 2 is 2.00 bits per heavy atom. The van der Waals surface area contributed by atoms with Gasteiger partial charge in [0.15, 0.2) is 0 Å². The lowest BCUT2D eigenvalue weighted by Gasteiger charge is -2.25. The van der Waals surface area contributed by atoms with E-state index in [0.29, 0.717) is 24.1 Å². The van der Waals surface area contributed by atoms with Gasteiger partial charge in [-0.25, -0.2) is 13.1 Å². The van der Waals surface area contributed by atoms with Crippen molar-refractivity contribution in [3.63, 3.8) is 0 Å². The number of hydrogen-bond donors (Lipinski definition) is 3. The van der Waals surface area contributed by atoms with Crippen LogP contribution in [0.25, 0.3) is 0 Å². The number of sulfonamides is 1. The molecule has 1 aliphatic rings. The fourth-order valence-electron chi connectivity index (χ4n) is 2.19. The second-order valence-corrected chi connectivity index (χ2v) is 7.07. The van der Waals surface area contributed by atoms with Crippen LogP contribution in [0.15, 0.2) is 23.1 Å². The van der Waals surface area contributed by atoms with Crippen LogP contribution in [0.2, 0.25) is 0 Å². The Kier molecular flexibility index (Phi) is 4.36. The molecule has 0 saturated carbocycles. The van der Waals surface area contributed by atoms with E-state index >= 15 is 0 Å². The quantitative estimate of drug-likeness (QED) is 0.730. The van der Waals surface area contributed by atoms with Gasteiger partial charge in [-0.05, 0) is 36.6 Å². The molecule has 7 heteroatoms. The Morgan fingerprint density at radius 1 is 1.33 bits per heavy atom. The molecule has 1 aromatic rings. The maximum atomic E-state index is 12.3. The van der Waals surface area contributed by atoms with Crippen molar-refractivity contribution in [1.29, 1.82) is 0 Å². The Labute approximate surface area is 124 Å². The van der Waals surface area contributed by atoms with Gasteiger partial charge in [0.05, 0.1) is 16.9 Å². The number of benzene rings is 1. The van der Waals surface area contributed by atoms with Crippen LogP contribution < -0.4 is 10.0 Å². The molecule has 1 heterocycles. The predicted molar refractivity (Wildman–Crippen MR) is 79.5 cm³/mol. The first-order chi connectivity index (χ1) is 9.79. The van der Waals surface area contributed by atoms with E-state index in [4.69, 9.17) is 0 Å². The van der Waals surface area contributed by atoms with E-state index in [0.717, 1.165) is 0 Å². The third-order valence-corrected chi connectivity index (χ3v) is 5.32. The lowest BCUT2D eigenvalue weighted by atomic mass is 9.98. The summed E-state index contributed by atoms with van der Waals surface area (Å²) in [6.45, 7) is 3.59. The highest BCUT2D eigenvalue weighted by Gasteiger charge is 2.26. The molecule has 0 radical (unpaired) electrons. The van der Waals surface area contributed by atoms with Crippen molar-refractivity contribution >= 4 is 21.6 Å². The smallest absolute Gasteiger partial charge is 0.240 e. The van der Waals surface area contributed by atoms with Gasteiger partial charge in [0.1, 0.15) is 0 Å². The van der Waals surface area contributed by atoms with Crippen LogP contribution in [-0.4, -0.2) is 31.6 Å². The highest BCUT2D eigenvalue weighted by Crippen LogP contribution is 2.26.